The van der Waals surface area contributed by atoms with Gasteiger partial charge in [0.2, 0.25) is 11.8 Å². The fraction of sp³-hybridized carbons (Fsp3) is 0.250. The number of fused-ring (bicyclic) bond motifs is 1. The average Bonchev–Trinajstić information content (AvgIpc) is 2.90. The van der Waals surface area contributed by atoms with Crippen LogP contribution in [-0.4, -0.2) is 38.7 Å². The van der Waals surface area contributed by atoms with Gasteiger partial charge in [0, 0.05) is 12.6 Å². The van der Waals surface area contributed by atoms with Gasteiger partial charge in [-0.25, -0.2) is 9.97 Å². The fourth-order valence-corrected chi connectivity index (χ4v) is 2.10. The van der Waals surface area contributed by atoms with Gasteiger partial charge < -0.3 is 10.3 Å². The molecule has 1 fully saturated rings. The van der Waals surface area contributed by atoms with E-state index in [0.29, 0.717) is 23.1 Å². The predicted octanol–water partition coefficient (Wildman–Crippen LogP) is -0.507. The third kappa shape index (κ3) is 2.11. The van der Waals surface area contributed by atoms with E-state index in [1.165, 1.54) is 18.6 Å². The van der Waals surface area contributed by atoms with Gasteiger partial charge in [-0.2, -0.15) is 0 Å². The summed E-state index contributed by atoms with van der Waals surface area (Å²) in [4.78, 5) is 45.7. The number of carbonyl (C=O) groups excluding carboxylic acids is 3. The molecule has 1 aliphatic rings. The third-order valence-electron chi connectivity index (χ3n) is 3.11. The zero-order chi connectivity index (χ0) is 14.1. The lowest BCUT2D eigenvalue weighted by Gasteiger charge is -2.21. The standard InChI is InChI=1S/C12H11N5O3/c18-8-2-1-7(12(20)17-8)16-11(19)6-3-4-13-10-9(6)14-5-15-10/h3-5,7H,1-2H2,(H,16,19)(H,13,14,15)(H,17,18,20). The molecule has 2 aromatic heterocycles. The lowest BCUT2D eigenvalue weighted by atomic mass is 10.1. The van der Waals surface area contributed by atoms with Gasteiger partial charge in [-0.15, -0.1) is 0 Å². The number of rotatable bonds is 2. The van der Waals surface area contributed by atoms with Gasteiger partial charge in [0.1, 0.15) is 11.6 Å². The summed E-state index contributed by atoms with van der Waals surface area (Å²) < 4.78 is 0. The maximum absolute atomic E-state index is 12.2. The zero-order valence-electron chi connectivity index (χ0n) is 10.3. The highest BCUT2D eigenvalue weighted by molar-refractivity contribution is 6.07. The van der Waals surface area contributed by atoms with Crippen LogP contribution in [0.25, 0.3) is 11.2 Å². The van der Waals surface area contributed by atoms with Crippen molar-refractivity contribution in [2.75, 3.05) is 0 Å². The van der Waals surface area contributed by atoms with Crippen LogP contribution in [0.2, 0.25) is 0 Å². The molecule has 1 unspecified atom stereocenters. The quantitative estimate of drug-likeness (QED) is 0.637. The van der Waals surface area contributed by atoms with Gasteiger partial charge in [0.15, 0.2) is 5.65 Å². The summed E-state index contributed by atoms with van der Waals surface area (Å²) in [7, 11) is 0. The van der Waals surface area contributed by atoms with Crippen LogP contribution >= 0.6 is 0 Å². The first-order valence-corrected chi connectivity index (χ1v) is 6.08. The third-order valence-corrected chi connectivity index (χ3v) is 3.11. The molecule has 8 nitrogen and oxygen atoms in total. The van der Waals surface area contributed by atoms with Crippen molar-refractivity contribution in [3.8, 4) is 0 Å². The van der Waals surface area contributed by atoms with E-state index in [4.69, 9.17) is 0 Å². The molecule has 0 saturated carbocycles. The van der Waals surface area contributed by atoms with Crippen molar-refractivity contribution in [2.45, 2.75) is 18.9 Å². The summed E-state index contributed by atoms with van der Waals surface area (Å²) in [6, 6.07) is 0.826. The molecule has 2 aromatic rings. The number of amides is 3. The van der Waals surface area contributed by atoms with Crippen LogP contribution in [0.1, 0.15) is 23.2 Å². The molecule has 0 bridgehead atoms. The number of imidazole rings is 1. The van der Waals surface area contributed by atoms with Gasteiger partial charge in [0.05, 0.1) is 11.9 Å². The second kappa shape index (κ2) is 4.72. The molecule has 0 radical (unpaired) electrons. The van der Waals surface area contributed by atoms with E-state index in [2.05, 4.69) is 25.6 Å². The number of nitrogens with zero attached hydrogens (tertiary/aromatic N) is 2. The number of H-pyrrole nitrogens is 1. The molecule has 3 rings (SSSR count). The Hall–Kier alpha value is -2.77. The average molecular weight is 273 g/mol. The molecular weight excluding hydrogens is 262 g/mol. The first-order chi connectivity index (χ1) is 9.65. The SMILES string of the molecule is O=C1CCC(NC(=O)c2ccnc3[nH]cnc23)C(=O)N1. The number of carbonyl (C=O) groups is 3. The number of aromatic nitrogens is 3. The normalized spacial score (nSPS) is 18.9. The van der Waals surface area contributed by atoms with Crippen molar-refractivity contribution >= 4 is 28.9 Å². The van der Waals surface area contributed by atoms with Gasteiger partial charge >= 0.3 is 0 Å². The molecule has 20 heavy (non-hydrogen) atoms. The monoisotopic (exact) mass is 273 g/mol. The van der Waals surface area contributed by atoms with Gasteiger partial charge in [-0.1, -0.05) is 0 Å². The van der Waals surface area contributed by atoms with E-state index < -0.39 is 17.9 Å². The van der Waals surface area contributed by atoms with Crippen LogP contribution in [-0.2, 0) is 9.59 Å². The minimum atomic E-state index is -0.706. The predicted molar refractivity (Wildman–Crippen MR) is 67.5 cm³/mol. The topological polar surface area (TPSA) is 117 Å². The number of aromatic amines is 1. The second-order valence-electron chi connectivity index (χ2n) is 4.44. The molecule has 3 N–H and O–H groups in total. The smallest absolute Gasteiger partial charge is 0.254 e. The number of pyridine rings is 1. The highest BCUT2D eigenvalue weighted by atomic mass is 16.2. The van der Waals surface area contributed by atoms with E-state index in [-0.39, 0.29) is 12.3 Å². The van der Waals surface area contributed by atoms with Crippen LogP contribution in [0.5, 0.6) is 0 Å². The molecule has 1 saturated heterocycles. The maximum atomic E-state index is 12.2. The van der Waals surface area contributed by atoms with Crippen molar-refractivity contribution in [3.63, 3.8) is 0 Å². The van der Waals surface area contributed by atoms with Crippen LogP contribution in [0, 0.1) is 0 Å². The Kier molecular flexibility index (Phi) is 2.90. The summed E-state index contributed by atoms with van der Waals surface area (Å²) in [6.07, 6.45) is 3.44. The van der Waals surface area contributed by atoms with Crippen LogP contribution in [0.3, 0.4) is 0 Å². The van der Waals surface area contributed by atoms with Crippen LogP contribution in [0.15, 0.2) is 18.6 Å². The van der Waals surface area contributed by atoms with Gasteiger partial charge in [0.25, 0.3) is 5.91 Å². The summed E-state index contributed by atoms with van der Waals surface area (Å²) in [5, 5.41) is 4.79. The van der Waals surface area contributed by atoms with E-state index in [1.54, 1.807) is 0 Å². The number of imide groups is 1. The van der Waals surface area contributed by atoms with Crippen LogP contribution < -0.4 is 10.6 Å². The first-order valence-electron chi connectivity index (χ1n) is 6.08. The van der Waals surface area contributed by atoms with Crippen molar-refractivity contribution in [1.29, 1.82) is 0 Å². The van der Waals surface area contributed by atoms with Crippen molar-refractivity contribution < 1.29 is 14.4 Å². The molecule has 0 aliphatic carbocycles. The number of hydrogen-bond acceptors (Lipinski definition) is 5. The summed E-state index contributed by atoms with van der Waals surface area (Å²) in [5.41, 5.74) is 1.28. The summed E-state index contributed by atoms with van der Waals surface area (Å²) in [6.45, 7) is 0. The lowest BCUT2D eigenvalue weighted by Crippen LogP contribution is -2.52. The summed E-state index contributed by atoms with van der Waals surface area (Å²) in [5.74, 6) is -1.22. The minimum Gasteiger partial charge on any atom is -0.340 e. The molecule has 102 valence electrons. The molecule has 3 amide bonds. The Labute approximate surface area is 113 Å². The Balaban J connectivity index is 1.81. The Morgan fingerprint density at radius 1 is 1.35 bits per heavy atom. The summed E-state index contributed by atoms with van der Waals surface area (Å²) >= 11 is 0. The molecular formula is C12H11N5O3. The minimum absolute atomic E-state index is 0.213. The highest BCUT2D eigenvalue weighted by Crippen LogP contribution is 2.13. The molecule has 1 atom stereocenters. The number of piperidine rings is 1. The van der Waals surface area contributed by atoms with Crippen molar-refractivity contribution in [3.05, 3.63) is 24.2 Å². The second-order valence-corrected chi connectivity index (χ2v) is 4.44. The number of nitrogens with one attached hydrogen (secondary N) is 3. The Bertz CT molecular complexity index is 708. The molecule has 0 aromatic carbocycles. The van der Waals surface area contributed by atoms with E-state index in [1.807, 2.05) is 0 Å². The van der Waals surface area contributed by atoms with Crippen molar-refractivity contribution in [1.82, 2.24) is 25.6 Å². The fourth-order valence-electron chi connectivity index (χ4n) is 2.10. The number of hydrogen-bond donors (Lipinski definition) is 3. The molecule has 8 heteroatoms. The first kappa shape index (κ1) is 12.3. The largest absolute Gasteiger partial charge is 0.340 e. The van der Waals surface area contributed by atoms with Crippen LogP contribution in [0.4, 0.5) is 0 Å². The van der Waals surface area contributed by atoms with Crippen molar-refractivity contribution in [2.24, 2.45) is 0 Å². The highest BCUT2D eigenvalue weighted by Gasteiger charge is 2.28. The lowest BCUT2D eigenvalue weighted by molar-refractivity contribution is -0.134. The Morgan fingerprint density at radius 2 is 2.20 bits per heavy atom. The zero-order valence-corrected chi connectivity index (χ0v) is 10.3. The van der Waals surface area contributed by atoms with E-state index in [9.17, 15) is 14.4 Å². The van der Waals surface area contributed by atoms with Gasteiger partial charge in [-0.05, 0) is 12.5 Å². The molecule has 1 aliphatic heterocycles. The van der Waals surface area contributed by atoms with Gasteiger partial charge in [-0.3, -0.25) is 19.7 Å². The molecule has 0 spiro atoms. The Morgan fingerprint density at radius 3 is 3.00 bits per heavy atom. The molecule has 3 heterocycles. The van der Waals surface area contributed by atoms with E-state index >= 15 is 0 Å². The van der Waals surface area contributed by atoms with E-state index in [0.717, 1.165) is 0 Å². The maximum Gasteiger partial charge on any atom is 0.254 e.